The molecule has 0 bridgehead atoms. The maximum atomic E-state index is 12.3. The molecule has 0 aromatic heterocycles. The Kier molecular flexibility index (Phi) is 16.2. The van der Waals surface area contributed by atoms with Crippen LogP contribution in [0.25, 0.3) is 0 Å². The van der Waals surface area contributed by atoms with Gasteiger partial charge in [-0.1, -0.05) is 24.3 Å². The van der Waals surface area contributed by atoms with E-state index in [0.717, 1.165) is 30.4 Å². The SMILES string of the molecule is O=C=NCc1ccc(NC(=O)OCCCNC(=O)NC2CCCC(NC(=O)NCCCOC(=O)Nc3ccc(CN=C=O)cc3)C2)cc1. The van der Waals surface area contributed by atoms with Gasteiger partial charge in [0.1, 0.15) is 0 Å². The molecule has 1 fully saturated rings. The summed E-state index contributed by atoms with van der Waals surface area (Å²) < 4.78 is 10.3. The number of nitrogens with zero attached hydrogens (tertiary/aromatic N) is 2. The van der Waals surface area contributed by atoms with Crippen LogP contribution < -0.4 is 31.9 Å². The average Bonchev–Trinajstić information content (AvgIpc) is 3.07. The second kappa shape index (κ2) is 21.1. The summed E-state index contributed by atoms with van der Waals surface area (Å²) in [5, 5.41) is 16.5. The van der Waals surface area contributed by atoms with Gasteiger partial charge in [-0.25, -0.2) is 38.8 Å². The molecule has 1 saturated carbocycles. The molecule has 2 atom stereocenters. The fourth-order valence-electron chi connectivity index (χ4n) is 4.74. The zero-order valence-corrected chi connectivity index (χ0v) is 26.4. The Bertz CT molecular complexity index is 1330. The fourth-order valence-corrected chi connectivity index (χ4v) is 4.74. The predicted octanol–water partition coefficient (Wildman–Crippen LogP) is 3.85. The minimum absolute atomic E-state index is 0.101. The third-order valence-corrected chi connectivity index (χ3v) is 7.08. The van der Waals surface area contributed by atoms with Crippen molar-refractivity contribution >= 4 is 47.8 Å². The van der Waals surface area contributed by atoms with Crippen molar-refractivity contribution in [3.63, 3.8) is 0 Å². The van der Waals surface area contributed by atoms with Crippen molar-refractivity contribution in [1.82, 2.24) is 21.3 Å². The van der Waals surface area contributed by atoms with Crippen LogP contribution in [0.1, 0.15) is 49.7 Å². The van der Waals surface area contributed by atoms with E-state index in [1.807, 2.05) is 0 Å². The quantitative estimate of drug-likeness (QED) is 0.0878. The molecule has 6 N–H and O–H groups in total. The lowest BCUT2D eigenvalue weighted by molar-refractivity contribution is 0.159. The van der Waals surface area contributed by atoms with E-state index in [2.05, 4.69) is 41.9 Å². The Morgan fingerprint density at radius 2 is 1.08 bits per heavy atom. The molecule has 16 nitrogen and oxygen atoms in total. The van der Waals surface area contributed by atoms with Crippen LogP contribution in [0.4, 0.5) is 30.6 Å². The van der Waals surface area contributed by atoms with Gasteiger partial charge in [-0.2, -0.15) is 0 Å². The smallest absolute Gasteiger partial charge is 0.411 e. The van der Waals surface area contributed by atoms with Crippen LogP contribution in [0.15, 0.2) is 58.5 Å². The highest BCUT2D eigenvalue weighted by Crippen LogP contribution is 2.18. The molecule has 3 rings (SSSR count). The highest BCUT2D eigenvalue weighted by molar-refractivity contribution is 5.85. The molecule has 2 aromatic rings. The molecule has 2 aromatic carbocycles. The first kappa shape index (κ1) is 36.7. The molecule has 0 heterocycles. The number of hydrogen-bond donors (Lipinski definition) is 6. The van der Waals surface area contributed by atoms with Gasteiger partial charge in [0.25, 0.3) is 0 Å². The van der Waals surface area contributed by atoms with Gasteiger partial charge < -0.3 is 30.7 Å². The molecule has 1 aliphatic carbocycles. The van der Waals surface area contributed by atoms with Crippen molar-refractivity contribution in [3.8, 4) is 0 Å². The first-order chi connectivity index (χ1) is 23.3. The molecule has 2 unspecified atom stereocenters. The summed E-state index contributed by atoms with van der Waals surface area (Å²) in [4.78, 5) is 76.0. The molecule has 1 aliphatic rings. The van der Waals surface area contributed by atoms with Crippen LogP contribution in [-0.4, -0.2) is 74.8 Å². The lowest BCUT2D eigenvalue weighted by atomic mass is 9.91. The van der Waals surface area contributed by atoms with Crippen molar-refractivity contribution in [2.45, 2.75) is 63.7 Å². The Morgan fingerprint density at radius 3 is 1.48 bits per heavy atom. The van der Waals surface area contributed by atoms with E-state index in [9.17, 15) is 28.8 Å². The summed E-state index contributed by atoms with van der Waals surface area (Å²) in [7, 11) is 0. The first-order valence-corrected chi connectivity index (χ1v) is 15.6. The Balaban J connectivity index is 1.20. The summed E-state index contributed by atoms with van der Waals surface area (Å²) >= 11 is 0. The fraction of sp³-hybridized carbons (Fsp3) is 0.438. The second-order valence-corrected chi connectivity index (χ2v) is 10.8. The lowest BCUT2D eigenvalue weighted by Crippen LogP contribution is -2.50. The van der Waals surface area contributed by atoms with Crippen LogP contribution in [0, 0.1) is 0 Å². The van der Waals surface area contributed by atoms with Gasteiger partial charge in [-0.3, -0.25) is 10.6 Å². The Labute approximate surface area is 277 Å². The number of urea groups is 2. The number of aliphatic imine (C=N–C) groups is 2. The number of isocyanates is 2. The van der Waals surface area contributed by atoms with Crippen molar-refractivity contribution in [2.24, 2.45) is 9.98 Å². The van der Waals surface area contributed by atoms with E-state index in [-0.39, 0.29) is 50.4 Å². The average molecular weight is 665 g/mol. The minimum atomic E-state index is -0.623. The zero-order chi connectivity index (χ0) is 34.4. The number of carbonyl (C=O) groups is 4. The van der Waals surface area contributed by atoms with Crippen LogP contribution in [0.3, 0.4) is 0 Å². The van der Waals surface area contributed by atoms with E-state index >= 15 is 0 Å². The molecule has 0 aliphatic heterocycles. The van der Waals surface area contributed by atoms with Gasteiger partial charge >= 0.3 is 24.2 Å². The zero-order valence-electron chi connectivity index (χ0n) is 26.4. The standard InChI is InChI=1S/C32H40N8O8/c41-21-33-19-23-6-10-25(11-7-23)39-31(45)47-16-2-14-35-29(43)37-27-4-1-5-28(18-27)38-30(44)36-15-3-17-48-32(46)40-26-12-8-24(9-13-26)20-34-22-42/h6-13,27-28H,1-5,14-20H2,(H,39,45)(H,40,46)(H2,35,37,43)(H2,36,38,44). The third-order valence-electron chi connectivity index (χ3n) is 7.08. The van der Waals surface area contributed by atoms with Gasteiger partial charge in [0, 0.05) is 36.5 Å². The number of hydrogen-bond acceptors (Lipinski definition) is 10. The monoisotopic (exact) mass is 664 g/mol. The number of carbonyl (C=O) groups excluding carboxylic acids is 6. The van der Waals surface area contributed by atoms with Crippen molar-refractivity contribution < 1.29 is 38.2 Å². The molecule has 0 spiro atoms. The number of rotatable bonds is 16. The Morgan fingerprint density at radius 1 is 0.667 bits per heavy atom. The second-order valence-electron chi connectivity index (χ2n) is 10.8. The van der Waals surface area contributed by atoms with E-state index < -0.39 is 12.2 Å². The molecular formula is C32H40N8O8. The summed E-state index contributed by atoms with van der Waals surface area (Å²) in [5.41, 5.74) is 2.67. The van der Waals surface area contributed by atoms with Crippen molar-refractivity contribution in [1.29, 1.82) is 0 Å². The predicted molar refractivity (Wildman–Crippen MR) is 175 cm³/mol. The van der Waals surface area contributed by atoms with Crippen LogP contribution in [0.5, 0.6) is 0 Å². The molecule has 256 valence electrons. The number of nitrogens with one attached hydrogen (secondary N) is 6. The Hall–Kier alpha value is -5.72. The number of benzene rings is 2. The largest absolute Gasteiger partial charge is 0.449 e. The van der Waals surface area contributed by atoms with E-state index in [0.29, 0.717) is 43.7 Å². The molecule has 48 heavy (non-hydrogen) atoms. The molecule has 0 saturated heterocycles. The van der Waals surface area contributed by atoms with Crippen LogP contribution in [-0.2, 0) is 32.2 Å². The minimum Gasteiger partial charge on any atom is -0.449 e. The summed E-state index contributed by atoms with van der Waals surface area (Å²) in [6.07, 6.45) is 5.55. The van der Waals surface area contributed by atoms with Gasteiger partial charge in [0.2, 0.25) is 12.2 Å². The van der Waals surface area contributed by atoms with Gasteiger partial charge in [0.05, 0.1) is 26.3 Å². The lowest BCUT2D eigenvalue weighted by Gasteiger charge is -2.30. The third kappa shape index (κ3) is 15.0. The van der Waals surface area contributed by atoms with Crippen molar-refractivity contribution in [2.75, 3.05) is 36.9 Å². The van der Waals surface area contributed by atoms with Crippen LogP contribution >= 0.6 is 0 Å². The molecular weight excluding hydrogens is 624 g/mol. The molecule has 16 heteroatoms. The number of ether oxygens (including phenoxy) is 2. The summed E-state index contributed by atoms with van der Waals surface area (Å²) in [6, 6.07) is 12.7. The first-order valence-electron chi connectivity index (χ1n) is 15.6. The molecule has 0 radical (unpaired) electrons. The molecule has 6 amide bonds. The normalized spacial score (nSPS) is 14.9. The summed E-state index contributed by atoms with van der Waals surface area (Å²) in [6.45, 7) is 1.26. The topological polar surface area (TPSA) is 218 Å². The van der Waals surface area contributed by atoms with Gasteiger partial charge in [-0.05, 0) is 73.9 Å². The summed E-state index contributed by atoms with van der Waals surface area (Å²) in [5.74, 6) is 0. The number of anilines is 2. The maximum absolute atomic E-state index is 12.3. The highest BCUT2D eigenvalue weighted by Gasteiger charge is 2.24. The highest BCUT2D eigenvalue weighted by atomic mass is 16.6. The van der Waals surface area contributed by atoms with E-state index in [1.54, 1.807) is 48.5 Å². The number of amides is 6. The van der Waals surface area contributed by atoms with Gasteiger partial charge in [0.15, 0.2) is 0 Å². The van der Waals surface area contributed by atoms with E-state index in [4.69, 9.17) is 9.47 Å². The van der Waals surface area contributed by atoms with E-state index in [1.165, 1.54) is 12.2 Å². The maximum Gasteiger partial charge on any atom is 0.411 e. The van der Waals surface area contributed by atoms with Crippen LogP contribution in [0.2, 0.25) is 0 Å². The van der Waals surface area contributed by atoms with Crippen molar-refractivity contribution in [3.05, 3.63) is 59.7 Å². The van der Waals surface area contributed by atoms with Gasteiger partial charge in [-0.15, -0.1) is 0 Å².